The minimum Gasteiger partial charge on any atom is -0.356 e. The van der Waals surface area contributed by atoms with Crippen LogP contribution in [0.25, 0.3) is 5.69 Å². The number of aryl methyl sites for hydroxylation is 2. The molecule has 1 aromatic carbocycles. The number of rotatable bonds is 7. The van der Waals surface area contributed by atoms with E-state index in [0.29, 0.717) is 12.0 Å². The number of hydrogen-bond donors (Lipinski definition) is 2. The molecule has 0 spiro atoms. The lowest BCUT2D eigenvalue weighted by Crippen LogP contribution is -2.44. The molecule has 0 amide bonds. The van der Waals surface area contributed by atoms with Gasteiger partial charge in [-0.2, -0.15) is 5.10 Å². The van der Waals surface area contributed by atoms with E-state index >= 15 is 0 Å². The third-order valence-electron chi connectivity index (χ3n) is 4.52. The van der Waals surface area contributed by atoms with Crippen molar-refractivity contribution in [2.24, 2.45) is 10.9 Å². The van der Waals surface area contributed by atoms with E-state index < -0.39 is 0 Å². The summed E-state index contributed by atoms with van der Waals surface area (Å²) in [5, 5.41) is 11.4. The Balaban J connectivity index is 0.00000338. The van der Waals surface area contributed by atoms with Gasteiger partial charge in [-0.15, -0.1) is 24.0 Å². The first-order valence-corrected chi connectivity index (χ1v) is 9.09. The highest BCUT2D eigenvalue weighted by Gasteiger charge is 2.09. The van der Waals surface area contributed by atoms with Crippen molar-refractivity contribution in [3.05, 3.63) is 47.8 Å². The van der Waals surface area contributed by atoms with E-state index in [0.717, 1.165) is 36.7 Å². The Kier molecular flexibility index (Phi) is 9.69. The molecule has 1 heterocycles. The second kappa shape index (κ2) is 11.2. The van der Waals surface area contributed by atoms with Gasteiger partial charge < -0.3 is 10.6 Å². The molecule has 0 radical (unpaired) electrons. The highest BCUT2D eigenvalue weighted by molar-refractivity contribution is 14.0. The van der Waals surface area contributed by atoms with Gasteiger partial charge in [-0.3, -0.25) is 4.99 Å². The Bertz CT molecular complexity index is 679. The van der Waals surface area contributed by atoms with E-state index in [1.54, 1.807) is 0 Å². The Morgan fingerprint density at radius 2 is 1.88 bits per heavy atom. The van der Waals surface area contributed by atoms with Crippen LogP contribution in [0.2, 0.25) is 0 Å². The average molecular weight is 469 g/mol. The molecule has 2 rings (SSSR count). The van der Waals surface area contributed by atoms with Crippen LogP contribution in [-0.2, 0) is 6.42 Å². The van der Waals surface area contributed by atoms with Crippen LogP contribution >= 0.6 is 24.0 Å². The first kappa shape index (κ1) is 22.5. The first-order valence-electron chi connectivity index (χ1n) is 9.09. The molecule has 1 atom stereocenters. The van der Waals surface area contributed by atoms with E-state index in [2.05, 4.69) is 66.7 Å². The first-order chi connectivity index (χ1) is 12.0. The molecule has 2 aromatic rings. The summed E-state index contributed by atoms with van der Waals surface area (Å²) in [6.45, 7) is 9.56. The van der Waals surface area contributed by atoms with E-state index in [9.17, 15) is 0 Å². The van der Waals surface area contributed by atoms with Gasteiger partial charge in [0, 0.05) is 25.8 Å². The maximum atomic E-state index is 4.63. The summed E-state index contributed by atoms with van der Waals surface area (Å²) in [5.41, 5.74) is 3.49. The molecule has 0 fully saturated rings. The molecular weight excluding hydrogens is 437 g/mol. The van der Waals surface area contributed by atoms with E-state index in [4.69, 9.17) is 0 Å². The molecule has 2 N–H and O–H groups in total. The number of benzene rings is 1. The van der Waals surface area contributed by atoms with Crippen molar-refractivity contribution < 1.29 is 0 Å². The molecule has 0 saturated carbocycles. The fourth-order valence-electron chi connectivity index (χ4n) is 2.52. The highest BCUT2D eigenvalue weighted by atomic mass is 127. The van der Waals surface area contributed by atoms with Crippen molar-refractivity contribution in [3.63, 3.8) is 0 Å². The summed E-state index contributed by atoms with van der Waals surface area (Å²) in [5.74, 6) is 1.45. The van der Waals surface area contributed by atoms with Gasteiger partial charge in [-0.25, -0.2) is 4.68 Å². The normalized spacial score (nSPS) is 12.6. The number of halogens is 1. The van der Waals surface area contributed by atoms with Crippen LogP contribution in [0.15, 0.2) is 41.5 Å². The van der Waals surface area contributed by atoms with E-state index in [1.807, 2.05) is 29.9 Å². The molecule has 144 valence electrons. The number of hydrogen-bond acceptors (Lipinski definition) is 2. The van der Waals surface area contributed by atoms with Crippen molar-refractivity contribution in [1.82, 2.24) is 20.4 Å². The zero-order valence-corrected chi connectivity index (χ0v) is 18.8. The second-order valence-electron chi connectivity index (χ2n) is 6.80. The van der Waals surface area contributed by atoms with Gasteiger partial charge in [0.2, 0.25) is 0 Å². The van der Waals surface area contributed by atoms with Crippen molar-refractivity contribution >= 4 is 29.9 Å². The van der Waals surface area contributed by atoms with Crippen molar-refractivity contribution in [1.29, 1.82) is 0 Å². The molecule has 0 aliphatic heterocycles. The van der Waals surface area contributed by atoms with Gasteiger partial charge in [-0.05, 0) is 50.3 Å². The quantitative estimate of drug-likeness (QED) is 0.280. The summed E-state index contributed by atoms with van der Waals surface area (Å²) < 4.78 is 1.96. The number of nitrogens with one attached hydrogen (secondary N) is 2. The lowest BCUT2D eigenvalue weighted by atomic mass is 10.1. The smallest absolute Gasteiger partial charge is 0.191 e. The molecule has 1 unspecified atom stereocenters. The minimum absolute atomic E-state index is 0. The van der Waals surface area contributed by atoms with Gasteiger partial charge in [0.1, 0.15) is 0 Å². The number of para-hydroxylation sites is 1. The number of aliphatic imine (C=N–C) groups is 1. The number of nitrogens with zero attached hydrogens (tertiary/aromatic N) is 3. The highest BCUT2D eigenvalue weighted by Crippen LogP contribution is 2.13. The molecule has 0 bridgehead atoms. The van der Waals surface area contributed by atoms with Crippen LogP contribution in [0, 0.1) is 12.8 Å². The van der Waals surface area contributed by atoms with Crippen LogP contribution in [0.4, 0.5) is 0 Å². The standard InChI is InChI=1S/C20H31N5.HI/c1-15(2)16(3)23-20(21-5)22-13-9-10-18-14-25(24-17(18)4)19-11-7-6-8-12-19;/h6-8,11-12,14-16H,9-10,13H2,1-5H3,(H2,21,22,23);1H. The Hall–Kier alpha value is -1.57. The molecule has 6 heteroatoms. The topological polar surface area (TPSA) is 54.2 Å². The summed E-state index contributed by atoms with van der Waals surface area (Å²) in [7, 11) is 1.82. The molecule has 0 saturated heterocycles. The molecule has 5 nitrogen and oxygen atoms in total. The fraction of sp³-hybridized carbons (Fsp3) is 0.500. The minimum atomic E-state index is 0. The van der Waals surface area contributed by atoms with Crippen LogP contribution in [-0.4, -0.2) is 35.4 Å². The molecule has 1 aromatic heterocycles. The molecule has 26 heavy (non-hydrogen) atoms. The lowest BCUT2D eigenvalue weighted by Gasteiger charge is -2.20. The van der Waals surface area contributed by atoms with Crippen LogP contribution < -0.4 is 10.6 Å². The van der Waals surface area contributed by atoms with Crippen LogP contribution in [0.3, 0.4) is 0 Å². The predicted octanol–water partition coefficient (Wildman–Crippen LogP) is 3.94. The summed E-state index contributed by atoms with van der Waals surface area (Å²) in [4.78, 5) is 4.29. The monoisotopic (exact) mass is 469 g/mol. The SMILES string of the molecule is CN=C(NCCCc1cn(-c2ccccc2)nc1C)NC(C)C(C)C.I. The lowest BCUT2D eigenvalue weighted by molar-refractivity contribution is 0.480. The second-order valence-corrected chi connectivity index (χ2v) is 6.80. The van der Waals surface area contributed by atoms with Crippen LogP contribution in [0.1, 0.15) is 38.4 Å². The molecule has 0 aliphatic rings. The third kappa shape index (κ3) is 6.63. The summed E-state index contributed by atoms with van der Waals surface area (Å²) in [6.07, 6.45) is 4.18. The van der Waals surface area contributed by atoms with Gasteiger partial charge in [0.25, 0.3) is 0 Å². The number of guanidine groups is 1. The zero-order chi connectivity index (χ0) is 18.2. The maximum Gasteiger partial charge on any atom is 0.191 e. The largest absolute Gasteiger partial charge is 0.356 e. The van der Waals surface area contributed by atoms with E-state index in [1.165, 1.54) is 5.56 Å². The van der Waals surface area contributed by atoms with Gasteiger partial charge >= 0.3 is 0 Å². The van der Waals surface area contributed by atoms with Gasteiger partial charge in [-0.1, -0.05) is 32.0 Å². The zero-order valence-electron chi connectivity index (χ0n) is 16.5. The van der Waals surface area contributed by atoms with Gasteiger partial charge in [0.05, 0.1) is 11.4 Å². The van der Waals surface area contributed by atoms with Crippen molar-refractivity contribution in [2.45, 2.75) is 46.6 Å². The van der Waals surface area contributed by atoms with Crippen molar-refractivity contribution in [2.75, 3.05) is 13.6 Å². The third-order valence-corrected chi connectivity index (χ3v) is 4.52. The number of aromatic nitrogens is 2. The Labute approximate surface area is 174 Å². The average Bonchev–Trinajstić information content (AvgIpc) is 2.99. The van der Waals surface area contributed by atoms with Gasteiger partial charge in [0.15, 0.2) is 5.96 Å². The van der Waals surface area contributed by atoms with E-state index in [-0.39, 0.29) is 24.0 Å². The summed E-state index contributed by atoms with van der Waals surface area (Å²) in [6, 6.07) is 10.6. The predicted molar refractivity (Wildman–Crippen MR) is 121 cm³/mol. The molecule has 0 aliphatic carbocycles. The van der Waals surface area contributed by atoms with Crippen molar-refractivity contribution in [3.8, 4) is 5.69 Å². The molecular formula is C20H32IN5. The summed E-state index contributed by atoms with van der Waals surface area (Å²) >= 11 is 0. The Morgan fingerprint density at radius 1 is 1.19 bits per heavy atom. The van der Waals surface area contributed by atoms with Crippen LogP contribution in [0.5, 0.6) is 0 Å². The Morgan fingerprint density at radius 3 is 2.50 bits per heavy atom. The fourth-order valence-corrected chi connectivity index (χ4v) is 2.52. The maximum absolute atomic E-state index is 4.63.